The van der Waals surface area contributed by atoms with Crippen LogP contribution in [0.15, 0.2) is 42.7 Å². The summed E-state index contributed by atoms with van der Waals surface area (Å²) in [5.41, 5.74) is 6.31. The molecule has 0 radical (unpaired) electrons. The molecule has 4 rings (SSSR count). The van der Waals surface area contributed by atoms with Crippen LogP contribution in [0.5, 0.6) is 0 Å². The number of primary amides is 1. The highest BCUT2D eigenvalue weighted by Gasteiger charge is 2.27. The van der Waals surface area contributed by atoms with Crippen LogP contribution in [0.4, 0.5) is 10.6 Å². The van der Waals surface area contributed by atoms with Crippen molar-refractivity contribution in [3.8, 4) is 11.1 Å². The molecule has 0 bridgehead atoms. The summed E-state index contributed by atoms with van der Waals surface area (Å²) in [7, 11) is 0. The number of hydrogen-bond acceptors (Lipinski definition) is 6. The molecule has 2 aromatic carbocycles. The third kappa shape index (κ3) is 6.27. The van der Waals surface area contributed by atoms with Gasteiger partial charge in [-0.1, -0.05) is 35.3 Å². The molecule has 180 valence electrons. The first kappa shape index (κ1) is 25.5. The number of anilines is 1. The second-order valence-electron chi connectivity index (χ2n) is 8.64. The van der Waals surface area contributed by atoms with Crippen molar-refractivity contribution in [1.82, 2.24) is 14.9 Å². The van der Waals surface area contributed by atoms with Crippen molar-refractivity contribution < 1.29 is 14.3 Å². The molecule has 0 spiro atoms. The van der Waals surface area contributed by atoms with Gasteiger partial charge in [0.1, 0.15) is 17.7 Å². The van der Waals surface area contributed by atoms with E-state index in [1.54, 1.807) is 11.2 Å². The molecule has 0 aliphatic carbocycles. The molecule has 2 heterocycles. The van der Waals surface area contributed by atoms with Crippen molar-refractivity contribution in [2.75, 3.05) is 31.1 Å². The van der Waals surface area contributed by atoms with Gasteiger partial charge in [-0.25, -0.2) is 14.8 Å². The first-order valence-corrected chi connectivity index (χ1v) is 11.5. The molecular formula is C24H27Cl2N5O3. The van der Waals surface area contributed by atoms with Gasteiger partial charge in [-0.2, -0.15) is 0 Å². The van der Waals surface area contributed by atoms with Gasteiger partial charge in [-0.3, -0.25) is 4.79 Å². The Morgan fingerprint density at radius 3 is 2.26 bits per heavy atom. The average Bonchev–Trinajstić information content (AvgIpc) is 2.78. The Bertz CT molecular complexity index is 1160. The van der Waals surface area contributed by atoms with Gasteiger partial charge in [0.15, 0.2) is 0 Å². The van der Waals surface area contributed by atoms with E-state index < -0.39 is 5.60 Å². The van der Waals surface area contributed by atoms with E-state index in [-0.39, 0.29) is 12.5 Å². The highest BCUT2D eigenvalue weighted by molar-refractivity contribution is 6.34. The maximum atomic E-state index is 12.4. The van der Waals surface area contributed by atoms with E-state index in [4.69, 9.17) is 32.7 Å². The minimum absolute atomic E-state index is 0.250. The second kappa shape index (κ2) is 10.9. The summed E-state index contributed by atoms with van der Waals surface area (Å²) in [6.45, 7) is 8.07. The van der Waals surface area contributed by atoms with Crippen LogP contribution in [-0.2, 0) is 9.53 Å². The number of fused-ring (bicyclic) bond motifs is 1. The fourth-order valence-corrected chi connectivity index (χ4v) is 3.99. The number of benzene rings is 2. The average molecular weight is 504 g/mol. The van der Waals surface area contributed by atoms with Crippen LogP contribution < -0.4 is 10.6 Å². The Labute approximate surface area is 208 Å². The van der Waals surface area contributed by atoms with Crippen molar-refractivity contribution in [3.05, 3.63) is 52.8 Å². The second-order valence-corrected chi connectivity index (χ2v) is 9.49. The fourth-order valence-electron chi connectivity index (χ4n) is 3.59. The molecule has 1 fully saturated rings. The maximum absolute atomic E-state index is 12.4. The Morgan fingerprint density at radius 1 is 1.06 bits per heavy atom. The van der Waals surface area contributed by atoms with Crippen LogP contribution in [0.3, 0.4) is 0 Å². The van der Waals surface area contributed by atoms with Crippen LogP contribution in [0, 0.1) is 0 Å². The summed E-state index contributed by atoms with van der Waals surface area (Å²) in [5, 5.41) is 2.21. The van der Waals surface area contributed by atoms with Crippen LogP contribution in [-0.4, -0.2) is 59.2 Å². The number of nitrogens with zero attached hydrogens (tertiary/aromatic N) is 4. The zero-order valence-electron chi connectivity index (χ0n) is 19.3. The van der Waals surface area contributed by atoms with Gasteiger partial charge < -0.3 is 20.3 Å². The van der Waals surface area contributed by atoms with Crippen molar-refractivity contribution in [2.45, 2.75) is 26.4 Å². The number of carbonyl (C=O) groups excluding carboxylic acids is 2. The molecule has 34 heavy (non-hydrogen) atoms. The van der Waals surface area contributed by atoms with Gasteiger partial charge in [-0.15, -0.1) is 0 Å². The Hall–Kier alpha value is -3.10. The smallest absolute Gasteiger partial charge is 0.410 e. The van der Waals surface area contributed by atoms with Crippen molar-refractivity contribution in [3.63, 3.8) is 0 Å². The minimum atomic E-state index is -0.506. The first-order chi connectivity index (χ1) is 16.1. The monoisotopic (exact) mass is 503 g/mol. The number of amides is 2. The Balaban J connectivity index is 0.00000103. The zero-order chi connectivity index (χ0) is 24.9. The van der Waals surface area contributed by atoms with Crippen molar-refractivity contribution in [1.29, 1.82) is 0 Å². The lowest BCUT2D eigenvalue weighted by atomic mass is 10.0. The SMILES string of the molecule is CC(C)(C)OC(=O)N1CCN(c2ncnc3cc(Cl)c(-c4ccc(Cl)cc4)cc23)CC1.NC=O. The largest absolute Gasteiger partial charge is 0.444 e. The van der Waals surface area contributed by atoms with E-state index in [0.29, 0.717) is 36.2 Å². The normalized spacial score (nSPS) is 13.8. The number of rotatable bonds is 2. The van der Waals surface area contributed by atoms with E-state index >= 15 is 0 Å². The lowest BCUT2D eigenvalue weighted by molar-refractivity contribution is -0.106. The molecule has 0 saturated carbocycles. The predicted molar refractivity (Wildman–Crippen MR) is 135 cm³/mol. The molecule has 1 aromatic heterocycles. The van der Waals surface area contributed by atoms with Crippen molar-refractivity contribution in [2.24, 2.45) is 5.73 Å². The number of aromatic nitrogens is 2. The Morgan fingerprint density at radius 2 is 1.68 bits per heavy atom. The van der Waals surface area contributed by atoms with Crippen molar-refractivity contribution >= 4 is 52.4 Å². The zero-order valence-corrected chi connectivity index (χ0v) is 20.8. The molecule has 1 aliphatic rings. The van der Waals surface area contributed by atoms with E-state index in [9.17, 15) is 4.79 Å². The van der Waals surface area contributed by atoms with E-state index in [1.165, 1.54) is 0 Å². The molecule has 8 nitrogen and oxygen atoms in total. The fraction of sp³-hybridized carbons (Fsp3) is 0.333. The quantitative estimate of drug-likeness (QED) is 0.505. The van der Waals surface area contributed by atoms with E-state index in [1.807, 2.05) is 57.2 Å². The van der Waals surface area contributed by atoms with Crippen LogP contribution in [0.2, 0.25) is 10.0 Å². The number of halogens is 2. The van der Waals surface area contributed by atoms with Gasteiger partial charge in [0, 0.05) is 42.2 Å². The molecule has 2 N–H and O–H groups in total. The van der Waals surface area contributed by atoms with E-state index in [0.717, 1.165) is 27.8 Å². The summed E-state index contributed by atoms with van der Waals surface area (Å²) < 4.78 is 5.49. The molecule has 3 aromatic rings. The minimum Gasteiger partial charge on any atom is -0.444 e. The first-order valence-electron chi connectivity index (χ1n) is 10.7. The molecule has 0 unspecified atom stereocenters. The number of nitrogens with two attached hydrogens (primary N) is 1. The third-order valence-electron chi connectivity index (χ3n) is 5.09. The molecule has 0 atom stereocenters. The topological polar surface area (TPSA) is 102 Å². The molecule has 2 amide bonds. The number of carbonyl (C=O) groups is 2. The predicted octanol–water partition coefficient (Wildman–Crippen LogP) is 4.76. The molecule has 1 saturated heterocycles. The standard InChI is InChI=1S/C23H24Cl2N4O2.CH3NO/c1-23(2,3)31-22(30)29-10-8-28(9-11-29)21-18-12-17(15-4-6-16(24)7-5-15)19(25)13-20(18)26-14-27-21;2-1-3/h4-7,12-14H,8-11H2,1-3H3;1H,(H2,2,3). The number of piperazine rings is 1. The van der Waals surface area contributed by atoms with Gasteiger partial charge in [0.2, 0.25) is 6.41 Å². The molecular weight excluding hydrogens is 477 g/mol. The lowest BCUT2D eigenvalue weighted by Gasteiger charge is -2.36. The van der Waals surface area contributed by atoms with Crippen LogP contribution in [0.25, 0.3) is 22.0 Å². The summed E-state index contributed by atoms with van der Waals surface area (Å²) in [5.74, 6) is 0.834. The Kier molecular flexibility index (Phi) is 8.17. The summed E-state index contributed by atoms with van der Waals surface area (Å²) in [4.78, 5) is 33.8. The number of hydrogen-bond donors (Lipinski definition) is 1. The lowest BCUT2D eigenvalue weighted by Crippen LogP contribution is -2.50. The van der Waals surface area contributed by atoms with Gasteiger partial charge in [0.25, 0.3) is 0 Å². The summed E-state index contributed by atoms with van der Waals surface area (Å²) in [6, 6.07) is 11.5. The third-order valence-corrected chi connectivity index (χ3v) is 5.65. The van der Waals surface area contributed by atoms with E-state index in [2.05, 4.69) is 20.6 Å². The maximum Gasteiger partial charge on any atom is 0.410 e. The number of ether oxygens (including phenoxy) is 1. The van der Waals surface area contributed by atoms with Crippen LogP contribution in [0.1, 0.15) is 20.8 Å². The summed E-state index contributed by atoms with van der Waals surface area (Å²) in [6.07, 6.45) is 1.52. The van der Waals surface area contributed by atoms with Gasteiger partial charge in [-0.05, 0) is 50.6 Å². The van der Waals surface area contributed by atoms with Crippen LogP contribution >= 0.6 is 23.2 Å². The summed E-state index contributed by atoms with van der Waals surface area (Å²) >= 11 is 12.6. The highest BCUT2D eigenvalue weighted by atomic mass is 35.5. The highest BCUT2D eigenvalue weighted by Crippen LogP contribution is 2.35. The van der Waals surface area contributed by atoms with Gasteiger partial charge >= 0.3 is 6.09 Å². The molecule has 10 heteroatoms. The molecule has 1 aliphatic heterocycles. The van der Waals surface area contributed by atoms with Gasteiger partial charge in [0.05, 0.1) is 10.5 Å².